The average molecular weight is 326 g/mol. The van der Waals surface area contributed by atoms with Gasteiger partial charge < -0.3 is 5.11 Å². The van der Waals surface area contributed by atoms with E-state index in [1.165, 1.54) is 5.56 Å². The van der Waals surface area contributed by atoms with Crippen molar-refractivity contribution in [3.8, 4) is 11.3 Å². The summed E-state index contributed by atoms with van der Waals surface area (Å²) in [4.78, 5) is 16.4. The van der Waals surface area contributed by atoms with E-state index in [0.717, 1.165) is 16.7 Å². The van der Waals surface area contributed by atoms with Crippen LogP contribution in [0.5, 0.6) is 0 Å². The molecule has 0 radical (unpaired) electrons. The highest BCUT2D eigenvalue weighted by molar-refractivity contribution is 6.36. The summed E-state index contributed by atoms with van der Waals surface area (Å²) in [5, 5.41) is 10.5. The van der Waals surface area contributed by atoms with Crippen LogP contribution in [0.25, 0.3) is 22.2 Å². The molecule has 1 N–H and O–H groups in total. The van der Waals surface area contributed by atoms with E-state index in [4.69, 9.17) is 11.6 Å². The van der Waals surface area contributed by atoms with Gasteiger partial charge in [-0.05, 0) is 55.7 Å². The number of carboxylic acids is 1. The monoisotopic (exact) mass is 325 g/mol. The minimum absolute atomic E-state index is 0.178. The lowest BCUT2D eigenvalue weighted by Gasteiger charge is -2.11. The number of aromatic carboxylic acids is 1. The second-order valence-corrected chi connectivity index (χ2v) is 6.15. The number of carbonyl (C=O) groups is 1. The Balaban J connectivity index is 2.37. The van der Waals surface area contributed by atoms with E-state index < -0.39 is 5.97 Å². The first-order chi connectivity index (χ1) is 10.9. The number of halogens is 1. The fourth-order valence-electron chi connectivity index (χ4n) is 2.65. The topological polar surface area (TPSA) is 50.2 Å². The number of fused-ring (bicyclic) bond motifs is 1. The minimum atomic E-state index is -1.00. The molecule has 0 unspecified atom stereocenters. The lowest BCUT2D eigenvalue weighted by molar-refractivity contribution is 0.0699. The average Bonchev–Trinajstić information content (AvgIpc) is 2.52. The molecular formula is C19H16ClNO2. The molecule has 3 aromatic rings. The molecule has 2 aromatic carbocycles. The second kappa shape index (κ2) is 5.67. The van der Waals surface area contributed by atoms with Crippen molar-refractivity contribution in [2.24, 2.45) is 0 Å². The summed E-state index contributed by atoms with van der Waals surface area (Å²) in [5.74, 6) is -1.00. The first-order valence-electron chi connectivity index (χ1n) is 7.29. The predicted molar refractivity (Wildman–Crippen MR) is 93.4 cm³/mol. The molecule has 0 fully saturated rings. The van der Waals surface area contributed by atoms with Crippen LogP contribution in [-0.2, 0) is 0 Å². The summed E-state index contributed by atoms with van der Waals surface area (Å²) in [5.41, 5.74) is 5.58. The molecule has 0 amide bonds. The lowest BCUT2D eigenvalue weighted by atomic mass is 9.99. The summed E-state index contributed by atoms with van der Waals surface area (Å²) in [6.07, 6.45) is 0. The number of aryl methyl sites for hydroxylation is 3. The maximum absolute atomic E-state index is 11.7. The molecule has 1 heterocycles. The Bertz CT molecular complexity index is 948. The number of hydrogen-bond donors (Lipinski definition) is 1. The van der Waals surface area contributed by atoms with Crippen molar-refractivity contribution >= 4 is 28.5 Å². The standard InChI is InChI=1S/C19H16ClNO2/c1-10-4-6-13(8-12(10)3)16-9-14(19(22)23)17-15(20)7-5-11(2)18(17)21-16/h4-9H,1-3H3,(H,22,23). The van der Waals surface area contributed by atoms with Gasteiger partial charge in [-0.3, -0.25) is 0 Å². The van der Waals surface area contributed by atoms with E-state index in [1.807, 2.05) is 45.0 Å². The third-order valence-corrected chi connectivity index (χ3v) is 4.46. The quantitative estimate of drug-likeness (QED) is 0.706. The van der Waals surface area contributed by atoms with Crippen molar-refractivity contribution < 1.29 is 9.90 Å². The Kier molecular flexibility index (Phi) is 3.82. The van der Waals surface area contributed by atoms with Crippen LogP contribution in [0, 0.1) is 20.8 Å². The molecule has 0 saturated heterocycles. The highest BCUT2D eigenvalue weighted by atomic mass is 35.5. The Morgan fingerprint density at radius 1 is 1.00 bits per heavy atom. The number of pyridine rings is 1. The zero-order valence-electron chi connectivity index (χ0n) is 13.1. The molecule has 0 saturated carbocycles. The Morgan fingerprint density at radius 3 is 2.35 bits per heavy atom. The molecule has 116 valence electrons. The fourth-order valence-corrected chi connectivity index (χ4v) is 2.90. The Hall–Kier alpha value is -2.39. The van der Waals surface area contributed by atoms with Crippen LogP contribution >= 0.6 is 11.6 Å². The SMILES string of the molecule is Cc1ccc(-c2cc(C(=O)O)c3c(Cl)ccc(C)c3n2)cc1C. The molecule has 1 aromatic heterocycles. The van der Waals surface area contributed by atoms with Crippen molar-refractivity contribution in [3.63, 3.8) is 0 Å². The first-order valence-corrected chi connectivity index (χ1v) is 7.67. The number of benzene rings is 2. The Morgan fingerprint density at radius 2 is 1.70 bits per heavy atom. The van der Waals surface area contributed by atoms with Gasteiger partial charge in [0, 0.05) is 10.9 Å². The molecule has 0 bridgehead atoms. The van der Waals surface area contributed by atoms with Crippen LogP contribution in [0.15, 0.2) is 36.4 Å². The van der Waals surface area contributed by atoms with Gasteiger partial charge in [-0.15, -0.1) is 0 Å². The number of nitrogens with zero attached hydrogens (tertiary/aromatic N) is 1. The molecule has 0 aliphatic carbocycles. The van der Waals surface area contributed by atoms with Crippen molar-refractivity contribution in [1.82, 2.24) is 4.98 Å². The van der Waals surface area contributed by atoms with Gasteiger partial charge in [0.2, 0.25) is 0 Å². The van der Waals surface area contributed by atoms with Gasteiger partial charge in [0.05, 0.1) is 21.8 Å². The zero-order chi connectivity index (χ0) is 16.7. The van der Waals surface area contributed by atoms with Crippen molar-refractivity contribution in [2.45, 2.75) is 20.8 Å². The molecule has 3 rings (SSSR count). The first kappa shape index (κ1) is 15.5. The van der Waals surface area contributed by atoms with Crippen molar-refractivity contribution in [1.29, 1.82) is 0 Å². The van der Waals surface area contributed by atoms with Gasteiger partial charge in [-0.25, -0.2) is 9.78 Å². The maximum Gasteiger partial charge on any atom is 0.336 e. The van der Waals surface area contributed by atoms with Crippen LogP contribution in [0.4, 0.5) is 0 Å². The summed E-state index contributed by atoms with van der Waals surface area (Å²) in [6, 6.07) is 11.2. The largest absolute Gasteiger partial charge is 0.478 e. The molecule has 0 spiro atoms. The molecule has 0 aliphatic heterocycles. The third kappa shape index (κ3) is 2.68. The van der Waals surface area contributed by atoms with E-state index >= 15 is 0 Å². The van der Waals surface area contributed by atoms with Crippen LogP contribution in [0.2, 0.25) is 5.02 Å². The number of carboxylic acid groups (broad SMARTS) is 1. The van der Waals surface area contributed by atoms with Gasteiger partial charge >= 0.3 is 5.97 Å². The summed E-state index contributed by atoms with van der Waals surface area (Å²) >= 11 is 6.22. The summed E-state index contributed by atoms with van der Waals surface area (Å²) in [7, 11) is 0. The number of aromatic nitrogens is 1. The summed E-state index contributed by atoms with van der Waals surface area (Å²) < 4.78 is 0. The molecule has 4 heteroatoms. The van der Waals surface area contributed by atoms with E-state index in [0.29, 0.717) is 21.6 Å². The van der Waals surface area contributed by atoms with Gasteiger partial charge in [-0.2, -0.15) is 0 Å². The molecular weight excluding hydrogens is 310 g/mol. The van der Waals surface area contributed by atoms with Gasteiger partial charge in [0.25, 0.3) is 0 Å². The zero-order valence-corrected chi connectivity index (χ0v) is 13.9. The second-order valence-electron chi connectivity index (χ2n) is 5.75. The third-order valence-electron chi connectivity index (χ3n) is 4.14. The molecule has 0 atom stereocenters. The van der Waals surface area contributed by atoms with Crippen LogP contribution in [0.1, 0.15) is 27.0 Å². The molecule has 0 aliphatic rings. The van der Waals surface area contributed by atoms with Gasteiger partial charge in [0.15, 0.2) is 0 Å². The lowest BCUT2D eigenvalue weighted by Crippen LogP contribution is -2.02. The number of hydrogen-bond acceptors (Lipinski definition) is 2. The predicted octanol–water partition coefficient (Wildman–Crippen LogP) is 5.18. The van der Waals surface area contributed by atoms with Crippen LogP contribution in [0.3, 0.4) is 0 Å². The smallest absolute Gasteiger partial charge is 0.336 e. The summed E-state index contributed by atoms with van der Waals surface area (Å²) in [6.45, 7) is 5.97. The van der Waals surface area contributed by atoms with E-state index in [-0.39, 0.29) is 5.56 Å². The van der Waals surface area contributed by atoms with E-state index in [9.17, 15) is 9.90 Å². The van der Waals surface area contributed by atoms with Crippen molar-refractivity contribution in [2.75, 3.05) is 0 Å². The van der Waals surface area contributed by atoms with Gasteiger partial charge in [0.1, 0.15) is 0 Å². The van der Waals surface area contributed by atoms with E-state index in [1.54, 1.807) is 12.1 Å². The van der Waals surface area contributed by atoms with Gasteiger partial charge in [-0.1, -0.05) is 29.8 Å². The maximum atomic E-state index is 11.7. The van der Waals surface area contributed by atoms with Crippen molar-refractivity contribution in [3.05, 3.63) is 63.7 Å². The fraction of sp³-hybridized carbons (Fsp3) is 0.158. The highest BCUT2D eigenvalue weighted by Crippen LogP contribution is 2.32. The minimum Gasteiger partial charge on any atom is -0.478 e. The number of rotatable bonds is 2. The highest BCUT2D eigenvalue weighted by Gasteiger charge is 2.17. The van der Waals surface area contributed by atoms with E-state index in [2.05, 4.69) is 4.98 Å². The van der Waals surface area contributed by atoms with Crippen LogP contribution < -0.4 is 0 Å². The molecule has 23 heavy (non-hydrogen) atoms. The normalized spacial score (nSPS) is 11.0. The molecule has 3 nitrogen and oxygen atoms in total. The van der Waals surface area contributed by atoms with Crippen LogP contribution in [-0.4, -0.2) is 16.1 Å². The Labute approximate surface area is 139 Å².